The molecule has 0 radical (unpaired) electrons. The number of benzene rings is 2. The van der Waals surface area contributed by atoms with Gasteiger partial charge in [-0.3, -0.25) is 9.99 Å². The molecule has 39 heavy (non-hydrogen) atoms. The summed E-state index contributed by atoms with van der Waals surface area (Å²) in [5.74, 6) is 3.92. The van der Waals surface area contributed by atoms with Gasteiger partial charge in [-0.15, -0.1) is 13.2 Å². The molecule has 212 valence electrons. The highest BCUT2D eigenvalue weighted by Gasteiger charge is 2.56. The van der Waals surface area contributed by atoms with Crippen molar-refractivity contribution in [2.75, 3.05) is 6.54 Å². The van der Waals surface area contributed by atoms with Gasteiger partial charge in [0.05, 0.1) is 6.54 Å². The first-order valence-corrected chi connectivity index (χ1v) is 11.4. The minimum absolute atomic E-state index is 0.102. The summed E-state index contributed by atoms with van der Waals surface area (Å²) >= 11 is 0. The van der Waals surface area contributed by atoms with Crippen molar-refractivity contribution in [2.45, 2.75) is 38.6 Å². The minimum atomic E-state index is -4.87. The van der Waals surface area contributed by atoms with Crippen LogP contribution in [-0.2, 0) is 11.5 Å². The summed E-state index contributed by atoms with van der Waals surface area (Å²) in [6.07, 6.45) is -3.83. The second kappa shape index (κ2) is 12.3. The zero-order chi connectivity index (χ0) is 29.6. The average Bonchev–Trinajstić information content (AvgIpc) is 2.88. The lowest BCUT2D eigenvalue weighted by Crippen LogP contribution is -2.60. The molecule has 2 aromatic carbocycles. The largest absolute Gasteiger partial charge is 0.573 e. The molecule has 6 N–H and O–H groups in total. The summed E-state index contributed by atoms with van der Waals surface area (Å²) in [6, 6.07) is 8.74. The van der Waals surface area contributed by atoms with Crippen LogP contribution in [-0.4, -0.2) is 28.7 Å². The number of rotatable bonds is 7. The van der Waals surface area contributed by atoms with Crippen LogP contribution in [0.3, 0.4) is 0 Å². The number of pyridine rings is 1. The number of nitrogens with two attached hydrogens (primary N) is 3. The van der Waals surface area contributed by atoms with Crippen molar-refractivity contribution in [1.29, 1.82) is 0 Å². The fourth-order valence-corrected chi connectivity index (χ4v) is 3.49. The van der Waals surface area contributed by atoms with Crippen LogP contribution in [0.15, 0.2) is 65.9 Å². The molecular weight excluding hydrogens is 533 g/mol. The highest BCUT2D eigenvalue weighted by Crippen LogP contribution is 2.44. The van der Waals surface area contributed by atoms with Gasteiger partial charge in [-0.2, -0.15) is 13.9 Å². The molecular formula is C25H27F7N6O. The first-order valence-electron chi connectivity index (χ1n) is 11.4. The molecule has 0 aliphatic heterocycles. The van der Waals surface area contributed by atoms with Crippen molar-refractivity contribution in [3.63, 3.8) is 0 Å². The fraction of sp³-hybridized carbons (Fsp3) is 0.280. The summed E-state index contributed by atoms with van der Waals surface area (Å²) < 4.78 is 101. The number of hydrogen-bond acceptors (Lipinski definition) is 6. The molecule has 0 amide bonds. The number of aromatic nitrogens is 1. The fourth-order valence-electron chi connectivity index (χ4n) is 3.49. The molecule has 14 heteroatoms. The highest BCUT2D eigenvalue weighted by molar-refractivity contribution is 5.78. The van der Waals surface area contributed by atoms with Crippen molar-refractivity contribution < 1.29 is 35.5 Å². The topological polar surface area (TPSA) is 116 Å². The summed E-state index contributed by atoms with van der Waals surface area (Å²) in [7, 11) is 0. The Labute approximate surface area is 220 Å². The second-order valence-electron chi connectivity index (χ2n) is 7.98. The summed E-state index contributed by atoms with van der Waals surface area (Å²) in [5.41, 5.74) is 2.24. The van der Waals surface area contributed by atoms with Crippen molar-refractivity contribution in [1.82, 2.24) is 9.99 Å². The predicted octanol–water partition coefficient (Wildman–Crippen LogP) is 5.37. The molecule has 0 spiro atoms. The zero-order valence-electron chi connectivity index (χ0n) is 21.1. The maximum Gasteiger partial charge on any atom is 0.573 e. The van der Waals surface area contributed by atoms with E-state index in [2.05, 4.69) is 14.8 Å². The number of alkyl halides is 5. The SMILES string of the molecule is C/C(=N/N)N(N)CC(N)(c1ccc(F)cc1F)C(F)(F)c1ccc(-c2ccc(OC(F)(F)F)cc2)cn1.CC. The molecule has 1 aromatic heterocycles. The maximum absolute atomic E-state index is 15.9. The van der Waals surface area contributed by atoms with Crippen molar-refractivity contribution in [2.24, 2.45) is 22.5 Å². The van der Waals surface area contributed by atoms with Crippen LogP contribution >= 0.6 is 0 Å². The van der Waals surface area contributed by atoms with Crippen LogP contribution < -0.4 is 22.2 Å². The minimum Gasteiger partial charge on any atom is -0.406 e. The molecule has 0 saturated carbocycles. The third kappa shape index (κ3) is 7.15. The number of hydrazone groups is 1. The van der Waals surface area contributed by atoms with Gasteiger partial charge in [-0.1, -0.05) is 38.1 Å². The Morgan fingerprint density at radius 3 is 2.03 bits per heavy atom. The Hall–Kier alpha value is -3.91. The zero-order valence-corrected chi connectivity index (χ0v) is 21.1. The first kappa shape index (κ1) is 31.3. The van der Waals surface area contributed by atoms with E-state index in [1.54, 1.807) is 0 Å². The van der Waals surface area contributed by atoms with E-state index >= 15 is 8.78 Å². The van der Waals surface area contributed by atoms with Gasteiger partial charge in [0.2, 0.25) is 0 Å². The number of hydrazine groups is 1. The van der Waals surface area contributed by atoms with Crippen LogP contribution in [0.2, 0.25) is 0 Å². The number of ether oxygens (including phenoxy) is 1. The van der Waals surface area contributed by atoms with Gasteiger partial charge in [-0.25, -0.2) is 14.6 Å². The Morgan fingerprint density at radius 2 is 1.54 bits per heavy atom. The standard InChI is InChI=1S/C23H21F7N6O.C2H6/c1-13(35-32)36(33)12-21(31,18-8-5-16(24)10-19(18)25)22(26,27)20-9-4-15(11-34-20)14-2-6-17(7-3-14)37-23(28,29)30;1-2/h2-11H,12,31-33H2,1H3;1-2H3/b35-13-;. The molecule has 1 unspecified atom stereocenters. The van der Waals surface area contributed by atoms with E-state index < -0.39 is 53.0 Å². The van der Waals surface area contributed by atoms with E-state index in [1.807, 2.05) is 13.8 Å². The predicted molar refractivity (Wildman–Crippen MR) is 132 cm³/mol. The Kier molecular flexibility index (Phi) is 9.87. The summed E-state index contributed by atoms with van der Waals surface area (Å²) in [5, 5.41) is 4.00. The smallest absolute Gasteiger partial charge is 0.406 e. The quantitative estimate of drug-likeness (QED) is 0.118. The van der Waals surface area contributed by atoms with Crippen LogP contribution in [0.1, 0.15) is 32.0 Å². The summed E-state index contributed by atoms with van der Waals surface area (Å²) in [6.45, 7) is 4.40. The molecule has 3 rings (SSSR count). The van der Waals surface area contributed by atoms with E-state index in [1.165, 1.54) is 25.1 Å². The highest BCUT2D eigenvalue weighted by atomic mass is 19.4. The van der Waals surface area contributed by atoms with Crippen molar-refractivity contribution in [3.8, 4) is 16.9 Å². The molecule has 0 fully saturated rings. The maximum atomic E-state index is 15.9. The summed E-state index contributed by atoms with van der Waals surface area (Å²) in [4.78, 5) is 3.77. The molecule has 0 bridgehead atoms. The molecule has 7 nitrogen and oxygen atoms in total. The number of hydrogen-bond donors (Lipinski definition) is 3. The molecule has 0 aliphatic rings. The monoisotopic (exact) mass is 560 g/mol. The Balaban J connectivity index is 0.00000260. The van der Waals surface area contributed by atoms with Crippen LogP contribution in [0.25, 0.3) is 11.1 Å². The van der Waals surface area contributed by atoms with E-state index in [9.17, 15) is 22.0 Å². The lowest BCUT2D eigenvalue weighted by Gasteiger charge is -2.40. The molecule has 3 aromatic rings. The molecule has 0 aliphatic carbocycles. The van der Waals surface area contributed by atoms with Crippen LogP contribution in [0, 0.1) is 11.6 Å². The second-order valence-corrected chi connectivity index (χ2v) is 7.98. The van der Waals surface area contributed by atoms with Gasteiger partial charge >= 0.3 is 12.3 Å². The normalized spacial score (nSPS) is 13.7. The third-order valence-corrected chi connectivity index (χ3v) is 5.50. The third-order valence-electron chi connectivity index (χ3n) is 5.50. The van der Waals surface area contributed by atoms with Gasteiger partial charge in [-0.05, 0) is 36.8 Å². The van der Waals surface area contributed by atoms with Crippen LogP contribution in [0.4, 0.5) is 30.7 Å². The van der Waals surface area contributed by atoms with Gasteiger partial charge in [0.25, 0.3) is 0 Å². The molecule has 1 heterocycles. The lowest BCUT2D eigenvalue weighted by molar-refractivity contribution is -0.274. The van der Waals surface area contributed by atoms with E-state index in [0.717, 1.165) is 36.5 Å². The number of amidine groups is 1. The number of halogens is 7. The molecule has 0 saturated heterocycles. The van der Waals surface area contributed by atoms with E-state index in [-0.39, 0.29) is 11.4 Å². The van der Waals surface area contributed by atoms with E-state index in [0.29, 0.717) is 16.6 Å². The Bertz CT molecular complexity index is 1270. The first-order chi connectivity index (χ1) is 18.2. The van der Waals surface area contributed by atoms with E-state index in [4.69, 9.17) is 17.4 Å². The van der Waals surface area contributed by atoms with Gasteiger partial charge < -0.3 is 16.3 Å². The average molecular weight is 561 g/mol. The number of nitrogens with zero attached hydrogens (tertiary/aromatic N) is 3. The van der Waals surface area contributed by atoms with Gasteiger partial charge in [0.1, 0.15) is 34.5 Å². The lowest BCUT2D eigenvalue weighted by atomic mass is 9.81. The van der Waals surface area contributed by atoms with Crippen molar-refractivity contribution >= 4 is 5.84 Å². The van der Waals surface area contributed by atoms with Gasteiger partial charge in [0.15, 0.2) is 0 Å². The van der Waals surface area contributed by atoms with Gasteiger partial charge in [0, 0.05) is 23.4 Å². The molecule has 1 atom stereocenters. The Morgan fingerprint density at radius 1 is 0.949 bits per heavy atom. The van der Waals surface area contributed by atoms with Crippen LogP contribution in [0.5, 0.6) is 5.75 Å². The van der Waals surface area contributed by atoms with Crippen molar-refractivity contribution in [3.05, 3.63) is 83.7 Å².